The number of hydrogen-bond acceptors (Lipinski definition) is 4. The number of aromatic hydroxyl groups is 1. The first-order valence-corrected chi connectivity index (χ1v) is 5.86. The average Bonchev–Trinajstić information content (AvgIpc) is 3.13. The van der Waals surface area contributed by atoms with Gasteiger partial charge in [-0.2, -0.15) is 0 Å². The van der Waals surface area contributed by atoms with Crippen LogP contribution in [0.25, 0.3) is 0 Å². The first-order chi connectivity index (χ1) is 8.15. The molecular formula is C13H20ClNO3. The number of ether oxygens (including phenoxy) is 2. The van der Waals surface area contributed by atoms with Crippen LogP contribution in [0.1, 0.15) is 30.9 Å². The molecule has 3 N–H and O–H groups in total. The normalized spacial score (nSPS) is 15.7. The van der Waals surface area contributed by atoms with Crippen molar-refractivity contribution in [3.63, 3.8) is 0 Å². The molecule has 0 heterocycles. The SMILES string of the molecule is COc1cc([C@@H](N)CC2CC2)cc(OC)c1O.Cl. The summed E-state index contributed by atoms with van der Waals surface area (Å²) in [5.41, 5.74) is 7.09. The van der Waals surface area contributed by atoms with Crippen molar-refractivity contribution in [1.82, 2.24) is 0 Å². The predicted octanol–water partition coefficient (Wildman–Crippen LogP) is 2.63. The van der Waals surface area contributed by atoms with E-state index in [0.29, 0.717) is 11.5 Å². The van der Waals surface area contributed by atoms with Crippen molar-refractivity contribution in [2.75, 3.05) is 14.2 Å². The van der Waals surface area contributed by atoms with Gasteiger partial charge in [0, 0.05) is 6.04 Å². The largest absolute Gasteiger partial charge is 0.502 e. The average molecular weight is 274 g/mol. The van der Waals surface area contributed by atoms with Crippen molar-refractivity contribution in [3.8, 4) is 17.2 Å². The van der Waals surface area contributed by atoms with Gasteiger partial charge in [0.15, 0.2) is 11.5 Å². The topological polar surface area (TPSA) is 64.7 Å². The highest BCUT2D eigenvalue weighted by molar-refractivity contribution is 5.85. The van der Waals surface area contributed by atoms with E-state index in [4.69, 9.17) is 15.2 Å². The Morgan fingerprint density at radius 3 is 2.17 bits per heavy atom. The second kappa shape index (κ2) is 6.16. The second-order valence-electron chi connectivity index (χ2n) is 4.56. The molecule has 0 radical (unpaired) electrons. The molecule has 1 aromatic rings. The molecule has 1 aromatic carbocycles. The van der Waals surface area contributed by atoms with Crippen LogP contribution < -0.4 is 15.2 Å². The van der Waals surface area contributed by atoms with Gasteiger partial charge in [-0.3, -0.25) is 0 Å². The maximum atomic E-state index is 9.80. The van der Waals surface area contributed by atoms with E-state index >= 15 is 0 Å². The molecule has 5 heteroatoms. The zero-order valence-corrected chi connectivity index (χ0v) is 11.5. The summed E-state index contributed by atoms with van der Waals surface area (Å²) in [4.78, 5) is 0. The first kappa shape index (κ1) is 14.9. The van der Waals surface area contributed by atoms with Gasteiger partial charge in [0.1, 0.15) is 0 Å². The summed E-state index contributed by atoms with van der Waals surface area (Å²) >= 11 is 0. The van der Waals surface area contributed by atoms with Gasteiger partial charge in [0.2, 0.25) is 5.75 Å². The fourth-order valence-electron chi connectivity index (χ4n) is 1.98. The molecule has 18 heavy (non-hydrogen) atoms. The van der Waals surface area contributed by atoms with Crippen LogP contribution in [-0.4, -0.2) is 19.3 Å². The van der Waals surface area contributed by atoms with Crippen molar-refractivity contribution in [2.24, 2.45) is 11.7 Å². The molecule has 0 unspecified atom stereocenters. The number of phenolic OH excluding ortho intramolecular Hbond substituents is 1. The lowest BCUT2D eigenvalue weighted by molar-refractivity contribution is 0.338. The Morgan fingerprint density at radius 1 is 1.28 bits per heavy atom. The van der Waals surface area contributed by atoms with Gasteiger partial charge < -0.3 is 20.3 Å². The second-order valence-corrected chi connectivity index (χ2v) is 4.56. The molecule has 1 fully saturated rings. The van der Waals surface area contributed by atoms with E-state index in [1.54, 1.807) is 12.1 Å². The number of halogens is 1. The Balaban J connectivity index is 0.00000162. The lowest BCUT2D eigenvalue weighted by Gasteiger charge is -2.15. The van der Waals surface area contributed by atoms with Gasteiger partial charge in [0.25, 0.3) is 0 Å². The number of methoxy groups -OCH3 is 2. The molecule has 4 nitrogen and oxygen atoms in total. The van der Waals surface area contributed by atoms with Crippen molar-refractivity contribution < 1.29 is 14.6 Å². The Labute approximate surface area is 113 Å². The van der Waals surface area contributed by atoms with E-state index in [-0.39, 0.29) is 24.2 Å². The Kier molecular flexibility index (Phi) is 5.11. The highest BCUT2D eigenvalue weighted by Crippen LogP contribution is 2.41. The molecule has 2 rings (SSSR count). The molecule has 1 aliphatic carbocycles. The summed E-state index contributed by atoms with van der Waals surface area (Å²) < 4.78 is 10.2. The molecule has 102 valence electrons. The molecule has 0 saturated heterocycles. The van der Waals surface area contributed by atoms with Gasteiger partial charge in [-0.15, -0.1) is 12.4 Å². The Hall–Kier alpha value is -1.13. The van der Waals surface area contributed by atoms with Crippen LogP contribution >= 0.6 is 12.4 Å². The van der Waals surface area contributed by atoms with E-state index in [1.165, 1.54) is 27.1 Å². The quantitative estimate of drug-likeness (QED) is 0.866. The third kappa shape index (κ3) is 3.21. The number of benzene rings is 1. The maximum absolute atomic E-state index is 9.80. The highest BCUT2D eigenvalue weighted by atomic mass is 35.5. The minimum absolute atomic E-state index is 0. The van der Waals surface area contributed by atoms with Crippen molar-refractivity contribution >= 4 is 12.4 Å². The summed E-state index contributed by atoms with van der Waals surface area (Å²) in [7, 11) is 3.04. The minimum Gasteiger partial charge on any atom is -0.502 e. The van der Waals surface area contributed by atoms with Gasteiger partial charge in [-0.1, -0.05) is 12.8 Å². The van der Waals surface area contributed by atoms with E-state index in [0.717, 1.165) is 17.9 Å². The molecule has 1 atom stereocenters. The summed E-state index contributed by atoms with van der Waals surface area (Å²) in [5, 5.41) is 9.80. The third-order valence-corrected chi connectivity index (χ3v) is 3.21. The molecule has 0 spiro atoms. The minimum atomic E-state index is -0.0223. The maximum Gasteiger partial charge on any atom is 0.200 e. The molecule has 0 aliphatic heterocycles. The van der Waals surface area contributed by atoms with Crippen LogP contribution in [0, 0.1) is 5.92 Å². The van der Waals surface area contributed by atoms with E-state index in [2.05, 4.69) is 0 Å². The molecule has 1 saturated carbocycles. The van der Waals surface area contributed by atoms with Crippen LogP contribution in [0.15, 0.2) is 12.1 Å². The summed E-state index contributed by atoms with van der Waals surface area (Å²) in [5.74, 6) is 1.60. The molecule has 0 amide bonds. The fourth-order valence-corrected chi connectivity index (χ4v) is 1.98. The lowest BCUT2D eigenvalue weighted by Crippen LogP contribution is -2.11. The van der Waals surface area contributed by atoms with E-state index in [1.807, 2.05) is 0 Å². The van der Waals surface area contributed by atoms with Crippen LogP contribution in [0.2, 0.25) is 0 Å². The smallest absolute Gasteiger partial charge is 0.200 e. The zero-order valence-electron chi connectivity index (χ0n) is 10.7. The molecular weight excluding hydrogens is 254 g/mol. The highest BCUT2D eigenvalue weighted by Gasteiger charge is 2.25. The Morgan fingerprint density at radius 2 is 1.78 bits per heavy atom. The van der Waals surface area contributed by atoms with Crippen LogP contribution in [0.5, 0.6) is 17.2 Å². The molecule has 0 aromatic heterocycles. The van der Waals surface area contributed by atoms with Gasteiger partial charge >= 0.3 is 0 Å². The molecule has 1 aliphatic rings. The van der Waals surface area contributed by atoms with E-state index < -0.39 is 0 Å². The summed E-state index contributed by atoms with van der Waals surface area (Å²) in [6.07, 6.45) is 3.54. The van der Waals surface area contributed by atoms with Crippen LogP contribution in [0.4, 0.5) is 0 Å². The van der Waals surface area contributed by atoms with E-state index in [9.17, 15) is 5.11 Å². The summed E-state index contributed by atoms with van der Waals surface area (Å²) in [6, 6.07) is 3.54. The predicted molar refractivity (Wildman–Crippen MR) is 72.7 cm³/mol. The van der Waals surface area contributed by atoms with Crippen LogP contribution in [0.3, 0.4) is 0 Å². The number of phenols is 1. The number of rotatable bonds is 5. The standard InChI is InChI=1S/C13H19NO3.ClH/c1-16-11-6-9(7-12(17-2)13(11)15)10(14)5-8-3-4-8;/h6-8,10,15H,3-5,14H2,1-2H3;1H/t10-;/m0./s1. The van der Waals surface area contributed by atoms with Crippen molar-refractivity contribution in [2.45, 2.75) is 25.3 Å². The lowest BCUT2D eigenvalue weighted by atomic mass is 10.0. The summed E-state index contributed by atoms with van der Waals surface area (Å²) in [6.45, 7) is 0. The third-order valence-electron chi connectivity index (χ3n) is 3.21. The van der Waals surface area contributed by atoms with Crippen molar-refractivity contribution in [3.05, 3.63) is 17.7 Å². The van der Waals surface area contributed by atoms with Crippen molar-refractivity contribution in [1.29, 1.82) is 0 Å². The molecule has 0 bridgehead atoms. The zero-order chi connectivity index (χ0) is 12.4. The van der Waals surface area contributed by atoms with Gasteiger partial charge in [0.05, 0.1) is 14.2 Å². The van der Waals surface area contributed by atoms with Gasteiger partial charge in [-0.05, 0) is 30.0 Å². The van der Waals surface area contributed by atoms with Gasteiger partial charge in [-0.25, -0.2) is 0 Å². The fraction of sp³-hybridized carbons (Fsp3) is 0.538. The number of nitrogens with two attached hydrogens (primary N) is 1. The number of hydrogen-bond donors (Lipinski definition) is 2. The first-order valence-electron chi connectivity index (χ1n) is 5.86. The Bertz CT molecular complexity index is 382. The van der Waals surface area contributed by atoms with Crippen LogP contribution in [-0.2, 0) is 0 Å². The monoisotopic (exact) mass is 273 g/mol.